The summed E-state index contributed by atoms with van der Waals surface area (Å²) >= 11 is 3.71. The molecular formula is C15H15Br. The van der Waals surface area contributed by atoms with E-state index in [0.29, 0.717) is 0 Å². The maximum Gasteiger partial charge on any atom is 0.0328 e. The summed E-state index contributed by atoms with van der Waals surface area (Å²) in [4.78, 5) is 0. The topological polar surface area (TPSA) is 0 Å². The van der Waals surface area contributed by atoms with Crippen LogP contribution in [0.2, 0.25) is 0 Å². The molecular weight excluding hydrogens is 260 g/mol. The smallest absolute Gasteiger partial charge is 0.0328 e. The Hall–Kier alpha value is -1.08. The molecule has 2 aromatic carbocycles. The molecule has 0 heterocycles. The van der Waals surface area contributed by atoms with E-state index in [1.165, 1.54) is 25.7 Å². The minimum absolute atomic E-state index is 1.06. The van der Waals surface area contributed by atoms with Gasteiger partial charge in [0.15, 0.2) is 0 Å². The molecule has 0 saturated heterocycles. The summed E-state index contributed by atoms with van der Waals surface area (Å²) in [6, 6.07) is 10.7. The molecule has 0 atom stereocenters. The second kappa shape index (κ2) is 4.84. The molecule has 0 fully saturated rings. The van der Waals surface area contributed by atoms with Crippen molar-refractivity contribution in [2.45, 2.75) is 20.3 Å². The highest BCUT2D eigenvalue weighted by Crippen LogP contribution is 2.18. The van der Waals surface area contributed by atoms with E-state index in [0.717, 1.165) is 6.42 Å². The summed E-state index contributed by atoms with van der Waals surface area (Å²) in [5, 5.41) is 5.18. The maximum atomic E-state index is 3.71. The molecule has 0 amide bonds. The molecule has 0 nitrogen and oxygen atoms in total. The summed E-state index contributed by atoms with van der Waals surface area (Å²) in [5.74, 6) is 0. The van der Waals surface area contributed by atoms with E-state index in [-0.39, 0.29) is 0 Å². The van der Waals surface area contributed by atoms with Crippen LogP contribution in [0.25, 0.3) is 22.9 Å². The summed E-state index contributed by atoms with van der Waals surface area (Å²) in [5.41, 5.74) is 0. The lowest BCUT2D eigenvalue weighted by Crippen LogP contribution is -2.25. The third-order valence-corrected chi connectivity index (χ3v) is 3.62. The molecule has 0 bridgehead atoms. The van der Waals surface area contributed by atoms with E-state index in [9.17, 15) is 0 Å². The van der Waals surface area contributed by atoms with Crippen molar-refractivity contribution in [2.75, 3.05) is 0 Å². The first-order chi connectivity index (χ1) is 7.77. The van der Waals surface area contributed by atoms with Crippen molar-refractivity contribution in [3.63, 3.8) is 0 Å². The van der Waals surface area contributed by atoms with Crippen molar-refractivity contribution in [3.8, 4) is 0 Å². The van der Waals surface area contributed by atoms with Gasteiger partial charge in [-0.2, -0.15) is 0 Å². The lowest BCUT2D eigenvalue weighted by atomic mass is 10.1. The Balaban J connectivity index is 3.00. The van der Waals surface area contributed by atoms with Crippen LogP contribution in [-0.4, -0.2) is 0 Å². The molecule has 2 rings (SSSR count). The van der Waals surface area contributed by atoms with Crippen LogP contribution in [0.5, 0.6) is 0 Å². The largest absolute Gasteiger partial charge is 0.0786 e. The normalized spacial score (nSPS) is 13.7. The van der Waals surface area contributed by atoms with Crippen molar-refractivity contribution in [1.82, 2.24) is 0 Å². The molecule has 0 unspecified atom stereocenters. The highest BCUT2D eigenvalue weighted by molar-refractivity contribution is 9.10. The molecule has 0 aliphatic heterocycles. The molecule has 82 valence electrons. The van der Waals surface area contributed by atoms with E-state index in [4.69, 9.17) is 0 Å². The third-order valence-electron chi connectivity index (χ3n) is 2.77. The Morgan fingerprint density at radius 3 is 2.69 bits per heavy atom. The van der Waals surface area contributed by atoms with Gasteiger partial charge < -0.3 is 0 Å². The van der Waals surface area contributed by atoms with E-state index >= 15 is 0 Å². The SMILES string of the molecule is CC=c1c(Br)c2ccccc2cc1=CCC. The predicted molar refractivity (Wildman–Crippen MR) is 75.8 cm³/mol. The van der Waals surface area contributed by atoms with Gasteiger partial charge in [0.1, 0.15) is 0 Å². The van der Waals surface area contributed by atoms with Gasteiger partial charge in [-0.3, -0.25) is 0 Å². The molecule has 0 aliphatic rings. The van der Waals surface area contributed by atoms with Crippen molar-refractivity contribution in [2.24, 2.45) is 0 Å². The number of hydrogen-bond acceptors (Lipinski definition) is 0. The molecule has 2 aromatic rings. The first kappa shape index (κ1) is 11.4. The summed E-state index contributed by atoms with van der Waals surface area (Å²) in [6.45, 7) is 4.25. The van der Waals surface area contributed by atoms with Crippen molar-refractivity contribution in [1.29, 1.82) is 0 Å². The van der Waals surface area contributed by atoms with Crippen LogP contribution in [0, 0.1) is 0 Å². The fourth-order valence-corrected chi connectivity index (χ4v) is 2.84. The molecule has 0 aliphatic carbocycles. The Kier molecular flexibility index (Phi) is 3.45. The second-order valence-electron chi connectivity index (χ2n) is 3.82. The van der Waals surface area contributed by atoms with Gasteiger partial charge in [0, 0.05) is 4.47 Å². The van der Waals surface area contributed by atoms with Gasteiger partial charge in [0.05, 0.1) is 0 Å². The first-order valence-corrected chi connectivity index (χ1v) is 6.41. The van der Waals surface area contributed by atoms with Crippen LogP contribution in [0.4, 0.5) is 0 Å². The summed E-state index contributed by atoms with van der Waals surface area (Å²) < 4.78 is 1.20. The average Bonchev–Trinajstić information content (AvgIpc) is 2.30. The Bertz CT molecular complexity index is 624. The van der Waals surface area contributed by atoms with E-state index < -0.39 is 0 Å². The molecule has 0 aromatic heterocycles. The molecule has 1 heteroatoms. The molecule has 16 heavy (non-hydrogen) atoms. The van der Waals surface area contributed by atoms with Crippen LogP contribution in [0.3, 0.4) is 0 Å². The maximum absolute atomic E-state index is 3.71. The monoisotopic (exact) mass is 274 g/mol. The Morgan fingerprint density at radius 1 is 1.25 bits per heavy atom. The number of rotatable bonds is 1. The van der Waals surface area contributed by atoms with Gasteiger partial charge in [-0.05, 0) is 56.6 Å². The molecule has 0 radical (unpaired) electrons. The van der Waals surface area contributed by atoms with Gasteiger partial charge in [0.25, 0.3) is 0 Å². The lowest BCUT2D eigenvalue weighted by Gasteiger charge is -2.02. The zero-order valence-electron chi connectivity index (χ0n) is 9.63. The average molecular weight is 275 g/mol. The minimum Gasteiger partial charge on any atom is -0.0786 e. The van der Waals surface area contributed by atoms with Crippen molar-refractivity contribution in [3.05, 3.63) is 45.2 Å². The zero-order valence-corrected chi connectivity index (χ0v) is 11.2. The van der Waals surface area contributed by atoms with Gasteiger partial charge in [-0.25, -0.2) is 0 Å². The minimum atomic E-state index is 1.06. The van der Waals surface area contributed by atoms with Gasteiger partial charge in [-0.15, -0.1) is 0 Å². The predicted octanol–water partition coefficient (Wildman–Crippen LogP) is 3.59. The molecule has 0 N–H and O–H groups in total. The van der Waals surface area contributed by atoms with Crippen LogP contribution in [0.15, 0.2) is 34.8 Å². The van der Waals surface area contributed by atoms with Gasteiger partial charge >= 0.3 is 0 Å². The zero-order chi connectivity index (χ0) is 11.5. The van der Waals surface area contributed by atoms with Crippen LogP contribution in [-0.2, 0) is 0 Å². The molecule has 0 spiro atoms. The number of fused-ring (bicyclic) bond motifs is 1. The summed E-state index contributed by atoms with van der Waals surface area (Å²) in [6.07, 6.45) is 5.50. The highest BCUT2D eigenvalue weighted by atomic mass is 79.9. The Morgan fingerprint density at radius 2 is 2.00 bits per heavy atom. The van der Waals surface area contributed by atoms with Crippen LogP contribution < -0.4 is 10.4 Å². The first-order valence-electron chi connectivity index (χ1n) is 5.61. The Labute approximate surface area is 104 Å². The fourth-order valence-electron chi connectivity index (χ4n) is 2.02. The summed E-state index contributed by atoms with van der Waals surface area (Å²) in [7, 11) is 0. The van der Waals surface area contributed by atoms with Gasteiger partial charge in [0.2, 0.25) is 0 Å². The van der Waals surface area contributed by atoms with E-state index in [1.54, 1.807) is 0 Å². The van der Waals surface area contributed by atoms with Crippen LogP contribution >= 0.6 is 15.9 Å². The quantitative estimate of drug-likeness (QED) is 0.746. The molecule has 0 saturated carbocycles. The van der Waals surface area contributed by atoms with Crippen LogP contribution in [0.1, 0.15) is 20.3 Å². The van der Waals surface area contributed by atoms with Crippen molar-refractivity contribution >= 4 is 38.9 Å². The fraction of sp³-hybridized carbons (Fsp3) is 0.200. The number of halogens is 1. The van der Waals surface area contributed by atoms with Gasteiger partial charge in [-0.1, -0.05) is 43.3 Å². The second-order valence-corrected chi connectivity index (χ2v) is 4.61. The highest BCUT2D eigenvalue weighted by Gasteiger charge is 2.00. The number of hydrogen-bond donors (Lipinski definition) is 0. The van der Waals surface area contributed by atoms with E-state index in [1.807, 2.05) is 0 Å². The lowest BCUT2D eigenvalue weighted by molar-refractivity contribution is 1.28. The van der Waals surface area contributed by atoms with Crippen molar-refractivity contribution < 1.29 is 0 Å². The van der Waals surface area contributed by atoms with E-state index in [2.05, 4.69) is 72.3 Å². The third kappa shape index (κ3) is 1.92. The number of benzene rings is 2. The standard InChI is InChI=1S/C15H15Br/c1-3-7-11-10-12-8-5-6-9-14(12)15(16)13(11)4-2/h4-10H,3H2,1-2H3.